The van der Waals surface area contributed by atoms with Crippen LogP contribution in [0, 0.1) is 0 Å². The van der Waals surface area contributed by atoms with Crippen LogP contribution in [0.15, 0.2) is 30.7 Å². The highest BCUT2D eigenvalue weighted by atomic mass is 19.3. The average molecular weight is 363 g/mol. The number of nitrogens with two attached hydrogens (primary N) is 2. The summed E-state index contributed by atoms with van der Waals surface area (Å²) < 4.78 is 27.6. The second-order valence-electron chi connectivity index (χ2n) is 6.11. The van der Waals surface area contributed by atoms with Crippen LogP contribution in [0.2, 0.25) is 0 Å². The number of nitrogens with zero attached hydrogens (tertiary/aromatic N) is 3. The predicted molar refractivity (Wildman–Crippen MR) is 92.3 cm³/mol. The molecule has 0 unspecified atom stereocenters. The monoisotopic (exact) mass is 363 g/mol. The number of hydrogen-bond acceptors (Lipinski definition) is 7. The zero-order chi connectivity index (χ0) is 18.7. The largest absolute Gasteiger partial charge is 0.364 e. The normalized spacial score (nSPS) is 21.8. The highest BCUT2D eigenvalue weighted by Crippen LogP contribution is 2.33. The smallest absolute Gasteiger partial charge is 0.271 e. The molecule has 8 nitrogen and oxygen atoms in total. The summed E-state index contributed by atoms with van der Waals surface area (Å²) in [6, 6.07) is 1.43. The van der Waals surface area contributed by atoms with E-state index in [1.165, 1.54) is 12.4 Å². The molecule has 0 spiro atoms. The Labute approximate surface area is 148 Å². The van der Waals surface area contributed by atoms with E-state index in [9.17, 15) is 13.6 Å². The van der Waals surface area contributed by atoms with Crippen LogP contribution in [0.4, 0.5) is 26.1 Å². The van der Waals surface area contributed by atoms with Crippen LogP contribution < -0.4 is 22.1 Å². The van der Waals surface area contributed by atoms with Gasteiger partial charge in [0.1, 0.15) is 5.82 Å². The fourth-order valence-corrected chi connectivity index (χ4v) is 2.85. The van der Waals surface area contributed by atoms with Gasteiger partial charge in [-0.3, -0.25) is 9.78 Å². The van der Waals surface area contributed by atoms with Crippen LogP contribution in [0.5, 0.6) is 0 Å². The molecule has 1 saturated carbocycles. The summed E-state index contributed by atoms with van der Waals surface area (Å²) in [5, 5.41) is 5.79. The fourth-order valence-electron chi connectivity index (χ4n) is 2.85. The second-order valence-corrected chi connectivity index (χ2v) is 6.11. The second kappa shape index (κ2) is 7.16. The van der Waals surface area contributed by atoms with Crippen molar-refractivity contribution in [3.05, 3.63) is 36.4 Å². The van der Waals surface area contributed by atoms with Crippen molar-refractivity contribution in [2.45, 2.75) is 37.3 Å². The third-order valence-electron chi connectivity index (χ3n) is 4.21. The topological polar surface area (TPSA) is 132 Å². The fraction of sp³-hybridized carbons (Fsp3) is 0.375. The highest BCUT2D eigenvalue weighted by molar-refractivity contribution is 5.96. The van der Waals surface area contributed by atoms with Gasteiger partial charge in [0.2, 0.25) is 0 Å². The van der Waals surface area contributed by atoms with Crippen LogP contribution in [0.1, 0.15) is 29.8 Å². The van der Waals surface area contributed by atoms with E-state index in [0.29, 0.717) is 18.5 Å². The number of primary amides is 1. The summed E-state index contributed by atoms with van der Waals surface area (Å²) in [5.74, 6) is -3.38. The molecule has 0 saturated heterocycles. The Morgan fingerprint density at radius 1 is 1.35 bits per heavy atom. The summed E-state index contributed by atoms with van der Waals surface area (Å²) in [7, 11) is 0. The third-order valence-corrected chi connectivity index (χ3v) is 4.21. The van der Waals surface area contributed by atoms with Gasteiger partial charge in [0.25, 0.3) is 11.8 Å². The number of alkyl halides is 2. The molecule has 2 aromatic rings. The van der Waals surface area contributed by atoms with Gasteiger partial charge in [-0.1, -0.05) is 0 Å². The number of carbonyl (C=O) groups excluding carboxylic acids is 1. The number of carbonyl (C=O) groups is 1. The lowest BCUT2D eigenvalue weighted by molar-refractivity contribution is -0.0554. The number of pyridine rings is 1. The maximum atomic E-state index is 13.8. The average Bonchev–Trinajstić information content (AvgIpc) is 2.60. The Balaban J connectivity index is 1.84. The first-order valence-corrected chi connectivity index (χ1v) is 8.10. The lowest BCUT2D eigenvalue weighted by Gasteiger charge is -2.36. The van der Waals surface area contributed by atoms with Crippen LogP contribution >= 0.6 is 0 Å². The third kappa shape index (κ3) is 3.85. The van der Waals surface area contributed by atoms with E-state index in [2.05, 4.69) is 25.6 Å². The van der Waals surface area contributed by atoms with Gasteiger partial charge in [-0.15, -0.1) is 0 Å². The van der Waals surface area contributed by atoms with Gasteiger partial charge in [0, 0.05) is 18.7 Å². The van der Waals surface area contributed by atoms with Crippen molar-refractivity contribution >= 4 is 23.2 Å². The molecule has 3 rings (SSSR count). The summed E-state index contributed by atoms with van der Waals surface area (Å²) in [6.45, 7) is 0. The lowest BCUT2D eigenvalue weighted by atomic mass is 9.87. The SMILES string of the molecule is NC(=O)c1ncc(N[C@@H]2CCCC(F)(F)[C@@H]2N)nc1Nc1cccnc1. The molecule has 1 aliphatic rings. The van der Waals surface area contributed by atoms with E-state index in [4.69, 9.17) is 11.5 Å². The van der Waals surface area contributed by atoms with Crippen molar-refractivity contribution < 1.29 is 13.6 Å². The molecular formula is C16H19F2N7O. The Bertz CT molecular complexity index is 787. The molecule has 2 heterocycles. The number of amides is 1. The van der Waals surface area contributed by atoms with E-state index < -0.39 is 23.9 Å². The number of anilines is 3. The number of aromatic nitrogens is 3. The number of nitrogens with one attached hydrogen (secondary N) is 2. The van der Waals surface area contributed by atoms with E-state index in [0.717, 1.165) is 0 Å². The van der Waals surface area contributed by atoms with Crippen molar-refractivity contribution in [3.63, 3.8) is 0 Å². The molecule has 2 aromatic heterocycles. The first-order valence-electron chi connectivity index (χ1n) is 8.10. The standard InChI is InChI=1S/C16H19F2N7O/c17-16(18)5-1-4-10(13(16)19)24-11-8-22-12(14(20)26)15(25-11)23-9-3-2-6-21-7-9/h2-3,6-8,10,13H,1,4-5,19H2,(H2,20,26)(H2,23,24,25)/t10-,13-/m1/s1. The molecule has 2 atom stereocenters. The zero-order valence-electron chi connectivity index (χ0n) is 13.8. The molecule has 1 aliphatic carbocycles. The minimum atomic E-state index is -2.94. The van der Waals surface area contributed by atoms with Gasteiger partial charge in [-0.25, -0.2) is 18.7 Å². The summed E-state index contributed by atoms with van der Waals surface area (Å²) >= 11 is 0. The predicted octanol–water partition coefficient (Wildman–Crippen LogP) is 1.64. The summed E-state index contributed by atoms with van der Waals surface area (Å²) in [4.78, 5) is 23.8. The Morgan fingerprint density at radius 3 is 2.85 bits per heavy atom. The van der Waals surface area contributed by atoms with Gasteiger partial charge in [0.05, 0.1) is 24.1 Å². The number of hydrogen-bond donors (Lipinski definition) is 4. The van der Waals surface area contributed by atoms with Gasteiger partial charge >= 0.3 is 0 Å². The molecule has 0 radical (unpaired) electrons. The van der Waals surface area contributed by atoms with Crippen molar-refractivity contribution in [1.29, 1.82) is 0 Å². The van der Waals surface area contributed by atoms with E-state index in [1.54, 1.807) is 18.3 Å². The van der Waals surface area contributed by atoms with Crippen LogP contribution in [0.25, 0.3) is 0 Å². The van der Waals surface area contributed by atoms with Crippen molar-refractivity contribution in [3.8, 4) is 0 Å². The molecule has 1 amide bonds. The van der Waals surface area contributed by atoms with Crippen LogP contribution in [-0.4, -0.2) is 38.9 Å². The molecule has 6 N–H and O–H groups in total. The zero-order valence-corrected chi connectivity index (χ0v) is 13.8. The summed E-state index contributed by atoms with van der Waals surface area (Å²) in [5.41, 5.74) is 11.5. The van der Waals surface area contributed by atoms with Gasteiger partial charge in [0.15, 0.2) is 11.5 Å². The number of halogens is 2. The molecule has 0 aromatic carbocycles. The highest BCUT2D eigenvalue weighted by Gasteiger charge is 2.44. The Morgan fingerprint density at radius 2 is 2.15 bits per heavy atom. The van der Waals surface area contributed by atoms with E-state index >= 15 is 0 Å². The Kier molecular flexibility index (Phi) is 4.94. The lowest BCUT2D eigenvalue weighted by Crippen LogP contribution is -2.55. The maximum Gasteiger partial charge on any atom is 0.271 e. The molecule has 1 fully saturated rings. The van der Waals surface area contributed by atoms with Crippen molar-refractivity contribution in [2.75, 3.05) is 10.6 Å². The minimum Gasteiger partial charge on any atom is -0.364 e. The molecule has 138 valence electrons. The molecule has 0 aliphatic heterocycles. The van der Waals surface area contributed by atoms with E-state index in [-0.39, 0.29) is 23.8 Å². The molecular weight excluding hydrogens is 344 g/mol. The first kappa shape index (κ1) is 17.9. The maximum absolute atomic E-state index is 13.8. The quantitative estimate of drug-likeness (QED) is 0.635. The molecule has 10 heteroatoms. The van der Waals surface area contributed by atoms with Gasteiger partial charge in [-0.2, -0.15) is 0 Å². The van der Waals surface area contributed by atoms with Crippen molar-refractivity contribution in [1.82, 2.24) is 15.0 Å². The van der Waals surface area contributed by atoms with Crippen LogP contribution in [-0.2, 0) is 0 Å². The summed E-state index contributed by atoms with van der Waals surface area (Å²) in [6.07, 6.45) is 5.01. The molecule has 26 heavy (non-hydrogen) atoms. The Hall–Kier alpha value is -2.88. The van der Waals surface area contributed by atoms with Gasteiger partial charge in [-0.05, 0) is 25.0 Å². The molecule has 0 bridgehead atoms. The van der Waals surface area contributed by atoms with Crippen molar-refractivity contribution in [2.24, 2.45) is 11.5 Å². The first-order chi connectivity index (χ1) is 12.4. The van der Waals surface area contributed by atoms with Crippen LogP contribution in [0.3, 0.4) is 0 Å². The number of rotatable bonds is 5. The van der Waals surface area contributed by atoms with Gasteiger partial charge < -0.3 is 22.1 Å². The minimum absolute atomic E-state index is 0.0716. The van der Waals surface area contributed by atoms with E-state index in [1.807, 2.05) is 0 Å².